The normalized spacial score (nSPS) is 21.7. The maximum Gasteiger partial charge on any atom is 0.164 e. The molecule has 5 aromatic carbocycles. The fourth-order valence-electron chi connectivity index (χ4n) is 9.36. The van der Waals surface area contributed by atoms with E-state index in [4.69, 9.17) is 19.4 Å². The average Bonchev–Trinajstić information content (AvgIpc) is 3.54. The van der Waals surface area contributed by atoms with Crippen LogP contribution in [0.5, 0.6) is 0 Å². The maximum absolute atomic E-state index is 9.93. The molecule has 2 aliphatic carbocycles. The number of fused-ring (bicyclic) bond motifs is 5. The van der Waals surface area contributed by atoms with Crippen LogP contribution in [0.3, 0.4) is 0 Å². The molecule has 2 saturated carbocycles. The van der Waals surface area contributed by atoms with Crippen molar-refractivity contribution in [3.05, 3.63) is 126 Å². The molecule has 0 amide bonds. The molecule has 0 N–H and O–H groups in total. The number of para-hydroxylation sites is 1. The van der Waals surface area contributed by atoms with Gasteiger partial charge in [0.15, 0.2) is 17.5 Å². The number of rotatable bonds is 5. The Morgan fingerprint density at radius 3 is 1.98 bits per heavy atom. The summed E-state index contributed by atoms with van der Waals surface area (Å²) in [5, 5.41) is 11.7. The van der Waals surface area contributed by atoms with Crippen molar-refractivity contribution >= 4 is 21.9 Å². The van der Waals surface area contributed by atoms with Gasteiger partial charge in [0.25, 0.3) is 0 Å². The third-order valence-corrected chi connectivity index (χ3v) is 11.1. The van der Waals surface area contributed by atoms with E-state index in [1.807, 2.05) is 78.9 Å². The van der Waals surface area contributed by atoms with Gasteiger partial charge in [-0.2, -0.15) is 5.26 Å². The molecule has 5 heteroatoms. The molecule has 244 valence electrons. The van der Waals surface area contributed by atoms with Crippen LogP contribution in [0.4, 0.5) is 0 Å². The number of hydrogen-bond acceptors (Lipinski definition) is 5. The van der Waals surface area contributed by atoms with E-state index in [1.165, 1.54) is 37.7 Å². The number of aromatic nitrogens is 3. The molecule has 50 heavy (non-hydrogen) atoms. The summed E-state index contributed by atoms with van der Waals surface area (Å²) in [4.78, 5) is 15.1. The molecule has 2 unspecified atom stereocenters. The molecular formula is C45H38N4O. The van der Waals surface area contributed by atoms with E-state index < -0.39 is 0 Å². The van der Waals surface area contributed by atoms with Crippen molar-refractivity contribution in [3.8, 4) is 51.4 Å². The van der Waals surface area contributed by atoms with E-state index in [0.717, 1.165) is 61.9 Å². The van der Waals surface area contributed by atoms with Crippen molar-refractivity contribution in [3.63, 3.8) is 0 Å². The average molecular weight is 651 g/mol. The second-order valence-corrected chi connectivity index (χ2v) is 14.8. The summed E-state index contributed by atoms with van der Waals surface area (Å²) in [6, 6.07) is 41.6. The number of nitriles is 1. The van der Waals surface area contributed by atoms with Gasteiger partial charge < -0.3 is 4.42 Å². The van der Waals surface area contributed by atoms with Gasteiger partial charge in [-0.3, -0.25) is 0 Å². The van der Waals surface area contributed by atoms with Crippen molar-refractivity contribution in [1.82, 2.24) is 15.0 Å². The van der Waals surface area contributed by atoms with Gasteiger partial charge in [-0.15, -0.1) is 0 Å². The number of furan rings is 1. The molecule has 2 heterocycles. The third kappa shape index (κ3) is 5.27. The van der Waals surface area contributed by atoms with E-state index in [9.17, 15) is 5.26 Å². The predicted molar refractivity (Wildman–Crippen MR) is 200 cm³/mol. The van der Waals surface area contributed by atoms with Gasteiger partial charge in [-0.1, -0.05) is 105 Å². The molecule has 2 aromatic heterocycles. The number of nitrogens with zero attached hydrogens (tertiary/aromatic N) is 4. The van der Waals surface area contributed by atoms with Gasteiger partial charge in [0, 0.05) is 33.0 Å². The molecule has 0 spiro atoms. The van der Waals surface area contributed by atoms with Crippen molar-refractivity contribution in [1.29, 1.82) is 5.26 Å². The Bertz CT molecular complexity index is 2400. The zero-order valence-corrected chi connectivity index (χ0v) is 28.4. The SMILES string of the molecule is C[C@@H]1CC2C[C@H](C)CC(c3ccc(-c4nc(-c5ccccc5)nc(-c5cccc(-c6ccc(C#N)c7c6oc6ccccc67)c5)n4)cc3)(C2)C1. The van der Waals surface area contributed by atoms with Gasteiger partial charge >= 0.3 is 0 Å². The minimum absolute atomic E-state index is 0.273. The lowest BCUT2D eigenvalue weighted by Crippen LogP contribution is -2.42. The topological polar surface area (TPSA) is 75.6 Å². The highest BCUT2D eigenvalue weighted by Gasteiger charge is 2.45. The van der Waals surface area contributed by atoms with E-state index in [2.05, 4.69) is 56.3 Å². The van der Waals surface area contributed by atoms with Crippen molar-refractivity contribution < 1.29 is 4.42 Å². The largest absolute Gasteiger partial charge is 0.455 e. The Labute approximate surface area is 292 Å². The Kier molecular flexibility index (Phi) is 7.35. The highest BCUT2D eigenvalue weighted by molar-refractivity contribution is 6.12. The standard InChI is InChI=1S/C45H38N4O/c1-28-21-30-22-29(2)25-45(24-28,26-30)36-18-15-32(16-19-36)43-47-42(31-9-4-3-5-10-31)48-44(49-43)34-12-8-11-33(23-34)37-20-17-35(27-46)40-38-13-6-7-14-39(38)50-41(37)40/h3-20,23,28-30H,21-22,24-26H2,1-2H3/t28-,29+,30?,45?. The van der Waals surface area contributed by atoms with Crippen LogP contribution in [-0.2, 0) is 5.41 Å². The van der Waals surface area contributed by atoms with Crippen LogP contribution in [0.15, 0.2) is 120 Å². The Morgan fingerprint density at radius 1 is 0.640 bits per heavy atom. The number of benzene rings is 5. The van der Waals surface area contributed by atoms with Crippen LogP contribution in [0.2, 0.25) is 0 Å². The Morgan fingerprint density at radius 2 is 1.26 bits per heavy atom. The van der Waals surface area contributed by atoms with Crippen LogP contribution >= 0.6 is 0 Å². The maximum atomic E-state index is 9.93. The van der Waals surface area contributed by atoms with E-state index in [-0.39, 0.29) is 5.41 Å². The highest BCUT2D eigenvalue weighted by Crippen LogP contribution is 2.54. The summed E-state index contributed by atoms with van der Waals surface area (Å²) in [6.45, 7) is 4.89. The first-order valence-electron chi connectivity index (χ1n) is 17.8. The molecule has 0 radical (unpaired) electrons. The fourth-order valence-corrected chi connectivity index (χ4v) is 9.36. The van der Waals surface area contributed by atoms with Crippen molar-refractivity contribution in [2.24, 2.45) is 17.8 Å². The van der Waals surface area contributed by atoms with Crippen LogP contribution in [0, 0.1) is 29.1 Å². The number of hydrogen-bond donors (Lipinski definition) is 0. The molecule has 0 saturated heterocycles. The zero-order chi connectivity index (χ0) is 33.8. The zero-order valence-electron chi connectivity index (χ0n) is 28.4. The van der Waals surface area contributed by atoms with Crippen LogP contribution < -0.4 is 0 Å². The Balaban J connectivity index is 1.14. The van der Waals surface area contributed by atoms with Crippen LogP contribution in [-0.4, -0.2) is 15.0 Å². The molecule has 2 aliphatic rings. The summed E-state index contributed by atoms with van der Waals surface area (Å²) in [6.07, 6.45) is 6.60. The van der Waals surface area contributed by atoms with Gasteiger partial charge in [0.05, 0.1) is 11.6 Å². The summed E-state index contributed by atoms with van der Waals surface area (Å²) < 4.78 is 6.38. The third-order valence-electron chi connectivity index (χ3n) is 11.1. The van der Waals surface area contributed by atoms with Gasteiger partial charge in [-0.05, 0) is 90.7 Å². The summed E-state index contributed by atoms with van der Waals surface area (Å²) in [5.41, 5.74) is 8.50. The summed E-state index contributed by atoms with van der Waals surface area (Å²) >= 11 is 0. The molecule has 9 rings (SSSR count). The fraction of sp³-hybridized carbons (Fsp3) is 0.244. The molecule has 0 aliphatic heterocycles. The molecule has 2 fully saturated rings. The minimum atomic E-state index is 0.273. The Hall–Kier alpha value is -5.60. The van der Waals surface area contributed by atoms with Crippen LogP contribution in [0.1, 0.15) is 57.1 Å². The van der Waals surface area contributed by atoms with E-state index in [0.29, 0.717) is 28.6 Å². The summed E-state index contributed by atoms with van der Waals surface area (Å²) in [5.74, 6) is 4.28. The minimum Gasteiger partial charge on any atom is -0.455 e. The highest BCUT2D eigenvalue weighted by atomic mass is 16.3. The molecule has 4 atom stereocenters. The van der Waals surface area contributed by atoms with Gasteiger partial charge in [0.1, 0.15) is 11.2 Å². The van der Waals surface area contributed by atoms with Crippen molar-refractivity contribution in [2.45, 2.75) is 51.4 Å². The first-order chi connectivity index (χ1) is 24.5. The van der Waals surface area contributed by atoms with Gasteiger partial charge in [-0.25, -0.2) is 15.0 Å². The van der Waals surface area contributed by atoms with Crippen LogP contribution in [0.25, 0.3) is 67.2 Å². The smallest absolute Gasteiger partial charge is 0.164 e. The first kappa shape index (κ1) is 30.5. The monoisotopic (exact) mass is 650 g/mol. The second kappa shape index (κ2) is 12.1. The molecular weight excluding hydrogens is 613 g/mol. The van der Waals surface area contributed by atoms with Crippen molar-refractivity contribution in [2.75, 3.05) is 0 Å². The first-order valence-corrected chi connectivity index (χ1v) is 17.8. The predicted octanol–water partition coefficient (Wildman–Crippen LogP) is 11.4. The lowest BCUT2D eigenvalue weighted by Gasteiger charge is -2.50. The lowest BCUT2D eigenvalue weighted by atomic mass is 9.54. The van der Waals surface area contributed by atoms with Gasteiger partial charge in [0.2, 0.25) is 0 Å². The van der Waals surface area contributed by atoms with E-state index >= 15 is 0 Å². The lowest BCUT2D eigenvalue weighted by molar-refractivity contribution is 0.0780. The molecule has 5 nitrogen and oxygen atoms in total. The second-order valence-electron chi connectivity index (χ2n) is 14.8. The molecule has 7 aromatic rings. The molecule has 2 bridgehead atoms. The van der Waals surface area contributed by atoms with E-state index in [1.54, 1.807) is 0 Å². The quantitative estimate of drug-likeness (QED) is 0.185. The summed E-state index contributed by atoms with van der Waals surface area (Å²) in [7, 11) is 0.